The highest BCUT2D eigenvalue weighted by molar-refractivity contribution is 6.09. The molecule has 2 amide bonds. The Hall–Kier alpha value is -3.64. The third-order valence-corrected chi connectivity index (χ3v) is 8.02. The van der Waals surface area contributed by atoms with E-state index >= 15 is 0 Å². The van der Waals surface area contributed by atoms with Gasteiger partial charge in [0.25, 0.3) is 0 Å². The summed E-state index contributed by atoms with van der Waals surface area (Å²) in [5, 5.41) is 6.49. The standard InChI is InChI=1S/C29H29N5O/c35-29(31-25-9-3-6-20-5-1-2-8-23(20)25)34-14-11-21-17-26-24(18-28(21)34)27(10-12-30-26)33-16-15-32-13-4-7-22(32)19-33/h1-3,5-6,8-10,12,17-18,22H,4,7,11,13-16,19H2,(H,31,35)/t22-/m0/s1. The molecule has 7 rings (SSSR count). The monoisotopic (exact) mass is 463 g/mol. The molecule has 2 fully saturated rings. The van der Waals surface area contributed by atoms with Crippen molar-refractivity contribution in [3.05, 3.63) is 72.4 Å². The molecule has 3 aromatic carbocycles. The predicted octanol–water partition coefficient (Wildman–Crippen LogP) is 5.27. The number of piperazine rings is 1. The van der Waals surface area contributed by atoms with Gasteiger partial charge in [0.05, 0.1) is 11.2 Å². The summed E-state index contributed by atoms with van der Waals surface area (Å²) in [6, 6.07) is 21.3. The molecule has 0 spiro atoms. The molecule has 3 aliphatic rings. The van der Waals surface area contributed by atoms with Crippen molar-refractivity contribution in [1.29, 1.82) is 0 Å². The molecular weight excluding hydrogens is 434 g/mol. The van der Waals surface area contributed by atoms with E-state index in [-0.39, 0.29) is 6.03 Å². The van der Waals surface area contributed by atoms with E-state index in [1.165, 1.54) is 30.6 Å². The number of hydrogen-bond donors (Lipinski definition) is 1. The first-order chi connectivity index (χ1) is 17.2. The second-order valence-electron chi connectivity index (χ2n) is 9.96. The van der Waals surface area contributed by atoms with Gasteiger partial charge >= 0.3 is 6.03 Å². The lowest BCUT2D eigenvalue weighted by atomic mass is 10.1. The van der Waals surface area contributed by atoms with Crippen LogP contribution in [0.3, 0.4) is 0 Å². The topological polar surface area (TPSA) is 51.7 Å². The van der Waals surface area contributed by atoms with Crippen molar-refractivity contribution in [2.45, 2.75) is 25.3 Å². The summed E-state index contributed by atoms with van der Waals surface area (Å²) in [4.78, 5) is 25.2. The van der Waals surface area contributed by atoms with Crippen molar-refractivity contribution in [2.24, 2.45) is 0 Å². The lowest BCUT2D eigenvalue weighted by molar-refractivity contribution is 0.231. The van der Waals surface area contributed by atoms with Crippen LogP contribution >= 0.6 is 0 Å². The molecule has 3 aliphatic heterocycles. The molecule has 4 aromatic rings. The SMILES string of the molecule is O=C(Nc1cccc2ccccc12)N1CCc2cc3nccc(N4CCN5CCC[C@H]5C4)c3cc21. The first kappa shape index (κ1) is 20.7. The van der Waals surface area contributed by atoms with E-state index in [1.54, 1.807) is 0 Å². The Morgan fingerprint density at radius 1 is 0.914 bits per heavy atom. The molecule has 176 valence electrons. The van der Waals surface area contributed by atoms with E-state index in [4.69, 9.17) is 4.98 Å². The summed E-state index contributed by atoms with van der Waals surface area (Å²) in [6.45, 7) is 5.15. The van der Waals surface area contributed by atoms with Gasteiger partial charge < -0.3 is 10.2 Å². The molecule has 2 saturated heterocycles. The highest BCUT2D eigenvalue weighted by Gasteiger charge is 2.32. The molecule has 6 nitrogen and oxygen atoms in total. The van der Waals surface area contributed by atoms with Gasteiger partial charge in [-0.05, 0) is 61.0 Å². The van der Waals surface area contributed by atoms with Crippen LogP contribution in [-0.2, 0) is 6.42 Å². The van der Waals surface area contributed by atoms with Crippen LogP contribution in [0.5, 0.6) is 0 Å². The van der Waals surface area contributed by atoms with E-state index in [2.05, 4.69) is 51.5 Å². The zero-order valence-electron chi connectivity index (χ0n) is 19.8. The number of carbonyl (C=O) groups is 1. The molecule has 6 heteroatoms. The molecule has 4 heterocycles. The van der Waals surface area contributed by atoms with Gasteiger partial charge in [-0.2, -0.15) is 0 Å². The summed E-state index contributed by atoms with van der Waals surface area (Å²) in [5.41, 5.74) is 5.30. The number of fused-ring (bicyclic) bond motifs is 4. The Labute approximate surface area is 205 Å². The lowest BCUT2D eigenvalue weighted by Gasteiger charge is -2.39. The number of benzene rings is 3. The molecule has 0 saturated carbocycles. The fourth-order valence-electron chi connectivity index (χ4n) is 6.23. The minimum absolute atomic E-state index is 0.0792. The third kappa shape index (κ3) is 3.51. The Morgan fingerprint density at radius 2 is 1.83 bits per heavy atom. The first-order valence-electron chi connectivity index (χ1n) is 12.7. The largest absolute Gasteiger partial charge is 0.368 e. The maximum absolute atomic E-state index is 13.5. The second-order valence-corrected chi connectivity index (χ2v) is 9.96. The summed E-state index contributed by atoms with van der Waals surface area (Å²) in [7, 11) is 0. The quantitative estimate of drug-likeness (QED) is 0.440. The minimum atomic E-state index is -0.0792. The summed E-state index contributed by atoms with van der Waals surface area (Å²) < 4.78 is 0. The van der Waals surface area contributed by atoms with Gasteiger partial charge in [0.1, 0.15) is 0 Å². The van der Waals surface area contributed by atoms with Crippen LogP contribution in [0.15, 0.2) is 66.9 Å². The van der Waals surface area contributed by atoms with E-state index < -0.39 is 0 Å². The maximum atomic E-state index is 13.5. The average Bonchev–Trinajstić information content (AvgIpc) is 3.53. The Morgan fingerprint density at radius 3 is 2.80 bits per heavy atom. The number of urea groups is 1. The van der Waals surface area contributed by atoms with Gasteiger partial charge in [-0.1, -0.05) is 36.4 Å². The van der Waals surface area contributed by atoms with Crippen LogP contribution in [-0.4, -0.2) is 54.7 Å². The van der Waals surface area contributed by atoms with E-state index in [0.717, 1.165) is 59.1 Å². The van der Waals surface area contributed by atoms with Crippen molar-refractivity contribution in [3.63, 3.8) is 0 Å². The van der Waals surface area contributed by atoms with E-state index in [1.807, 2.05) is 35.4 Å². The maximum Gasteiger partial charge on any atom is 0.326 e. The molecule has 0 aliphatic carbocycles. The van der Waals surface area contributed by atoms with E-state index in [0.29, 0.717) is 12.6 Å². The zero-order chi connectivity index (χ0) is 23.4. The van der Waals surface area contributed by atoms with Crippen LogP contribution in [0, 0.1) is 0 Å². The third-order valence-electron chi connectivity index (χ3n) is 8.02. The summed E-state index contributed by atoms with van der Waals surface area (Å²) in [5.74, 6) is 0. The summed E-state index contributed by atoms with van der Waals surface area (Å²) >= 11 is 0. The van der Waals surface area contributed by atoms with Crippen LogP contribution in [0.4, 0.5) is 21.9 Å². The predicted molar refractivity (Wildman–Crippen MR) is 143 cm³/mol. The Bertz CT molecular complexity index is 1440. The zero-order valence-corrected chi connectivity index (χ0v) is 19.8. The van der Waals surface area contributed by atoms with Gasteiger partial charge in [-0.25, -0.2) is 4.79 Å². The minimum Gasteiger partial charge on any atom is -0.368 e. The molecular formula is C29H29N5O. The van der Waals surface area contributed by atoms with Crippen LogP contribution in [0.2, 0.25) is 0 Å². The molecule has 1 aromatic heterocycles. The molecule has 1 atom stereocenters. The Kier molecular flexibility index (Phi) is 4.87. The van der Waals surface area contributed by atoms with Gasteiger partial charge in [0.15, 0.2) is 0 Å². The molecule has 0 unspecified atom stereocenters. The van der Waals surface area contributed by atoms with Crippen molar-refractivity contribution >= 4 is 44.8 Å². The number of aromatic nitrogens is 1. The highest BCUT2D eigenvalue weighted by Crippen LogP contribution is 2.37. The highest BCUT2D eigenvalue weighted by atomic mass is 16.2. The molecule has 0 radical (unpaired) electrons. The lowest BCUT2D eigenvalue weighted by Crippen LogP contribution is -2.50. The van der Waals surface area contributed by atoms with Crippen molar-refractivity contribution in [3.8, 4) is 0 Å². The molecule has 0 bridgehead atoms. The number of carbonyl (C=O) groups excluding carboxylic acids is 1. The number of amides is 2. The smallest absolute Gasteiger partial charge is 0.326 e. The van der Waals surface area contributed by atoms with Gasteiger partial charge in [0, 0.05) is 60.6 Å². The van der Waals surface area contributed by atoms with E-state index in [9.17, 15) is 4.79 Å². The van der Waals surface area contributed by atoms with Crippen LogP contribution in [0.25, 0.3) is 21.7 Å². The van der Waals surface area contributed by atoms with Crippen molar-refractivity contribution in [2.75, 3.05) is 47.8 Å². The van der Waals surface area contributed by atoms with Gasteiger partial charge in [-0.15, -0.1) is 0 Å². The Balaban J connectivity index is 1.22. The van der Waals surface area contributed by atoms with Gasteiger partial charge in [-0.3, -0.25) is 14.8 Å². The first-order valence-corrected chi connectivity index (χ1v) is 12.7. The number of hydrogen-bond acceptors (Lipinski definition) is 4. The van der Waals surface area contributed by atoms with Crippen LogP contribution in [0.1, 0.15) is 18.4 Å². The van der Waals surface area contributed by atoms with Crippen molar-refractivity contribution in [1.82, 2.24) is 9.88 Å². The fraction of sp³-hybridized carbons (Fsp3) is 0.310. The molecule has 1 N–H and O–H groups in total. The average molecular weight is 464 g/mol. The number of nitrogens with zero attached hydrogens (tertiary/aromatic N) is 4. The number of nitrogens with one attached hydrogen (secondary N) is 1. The normalized spacial score (nSPS) is 19.8. The van der Waals surface area contributed by atoms with Crippen molar-refractivity contribution < 1.29 is 4.79 Å². The number of anilines is 3. The number of rotatable bonds is 2. The van der Waals surface area contributed by atoms with Gasteiger partial charge in [0.2, 0.25) is 0 Å². The molecule has 35 heavy (non-hydrogen) atoms. The summed E-state index contributed by atoms with van der Waals surface area (Å²) in [6.07, 6.45) is 5.38. The number of pyridine rings is 1. The second kappa shape index (κ2) is 8.24. The van der Waals surface area contributed by atoms with Crippen LogP contribution < -0.4 is 15.1 Å². The fourth-order valence-corrected chi connectivity index (χ4v) is 6.23.